The Kier molecular flexibility index (Phi) is 2.96. The molecule has 0 radical (unpaired) electrons. The van der Waals surface area contributed by atoms with E-state index in [9.17, 15) is 0 Å². The van der Waals surface area contributed by atoms with E-state index in [1.165, 1.54) is 31.2 Å². The molecule has 1 N–H and O–H groups in total. The summed E-state index contributed by atoms with van der Waals surface area (Å²) in [5.41, 5.74) is 2.56. The summed E-state index contributed by atoms with van der Waals surface area (Å²) < 4.78 is 1.84. The average Bonchev–Trinajstić information content (AvgIpc) is 2.68. The molecule has 0 saturated heterocycles. The topological polar surface area (TPSA) is 42.2 Å². The fourth-order valence-electron chi connectivity index (χ4n) is 3.05. The van der Waals surface area contributed by atoms with E-state index in [4.69, 9.17) is 0 Å². The van der Waals surface area contributed by atoms with E-state index < -0.39 is 0 Å². The van der Waals surface area contributed by atoms with Gasteiger partial charge in [-0.15, -0.1) is 5.10 Å². The summed E-state index contributed by atoms with van der Waals surface area (Å²) in [6.45, 7) is 6.77. The summed E-state index contributed by atoms with van der Waals surface area (Å²) in [5.74, 6) is 0.758. The zero-order valence-corrected chi connectivity index (χ0v) is 12.0. The van der Waals surface area contributed by atoms with Crippen LogP contribution >= 0.6 is 0 Å². The first-order chi connectivity index (χ1) is 9.02. The molecule has 2 aromatic rings. The highest BCUT2D eigenvalue weighted by atomic mass is 15.3. The lowest BCUT2D eigenvalue weighted by Crippen LogP contribution is -2.32. The van der Waals surface area contributed by atoms with Gasteiger partial charge in [-0.05, 0) is 49.3 Å². The molecule has 1 aliphatic carbocycles. The van der Waals surface area contributed by atoms with Crippen LogP contribution in [0.3, 0.4) is 0 Å². The SMILES string of the molecule is Cc1ccn2nc(NC3CCCC(C)(C)C3)nc2c1. The van der Waals surface area contributed by atoms with E-state index in [2.05, 4.69) is 48.3 Å². The number of rotatable bonds is 2. The second kappa shape index (κ2) is 4.51. The molecule has 2 heterocycles. The van der Waals surface area contributed by atoms with Crippen LogP contribution in [-0.2, 0) is 0 Å². The lowest BCUT2D eigenvalue weighted by Gasteiger charge is -2.35. The third-order valence-corrected chi connectivity index (χ3v) is 4.03. The number of pyridine rings is 1. The van der Waals surface area contributed by atoms with Crippen molar-refractivity contribution in [3.63, 3.8) is 0 Å². The highest BCUT2D eigenvalue weighted by Crippen LogP contribution is 2.36. The fraction of sp³-hybridized carbons (Fsp3) is 0.600. The molecule has 1 atom stereocenters. The van der Waals surface area contributed by atoms with Gasteiger partial charge in [0.25, 0.3) is 0 Å². The van der Waals surface area contributed by atoms with Crippen molar-refractivity contribution in [3.05, 3.63) is 23.9 Å². The van der Waals surface area contributed by atoms with Gasteiger partial charge in [0.2, 0.25) is 5.95 Å². The Bertz CT molecular complexity index is 585. The Labute approximate surface area is 114 Å². The number of aromatic nitrogens is 3. The minimum Gasteiger partial charge on any atom is -0.350 e. The molecule has 2 aromatic heterocycles. The molecule has 0 spiro atoms. The molecular weight excluding hydrogens is 236 g/mol. The number of aryl methyl sites for hydroxylation is 1. The molecule has 1 saturated carbocycles. The molecule has 0 aromatic carbocycles. The van der Waals surface area contributed by atoms with Crippen LogP contribution in [0.4, 0.5) is 5.95 Å². The number of nitrogens with zero attached hydrogens (tertiary/aromatic N) is 3. The molecular formula is C15H22N4. The quantitative estimate of drug-likeness (QED) is 0.897. The second-order valence-corrected chi connectivity index (χ2v) is 6.54. The molecule has 102 valence electrons. The largest absolute Gasteiger partial charge is 0.350 e. The van der Waals surface area contributed by atoms with Crippen LogP contribution in [0, 0.1) is 12.3 Å². The molecule has 0 aliphatic heterocycles. The number of fused-ring (bicyclic) bond motifs is 1. The maximum absolute atomic E-state index is 4.56. The molecule has 3 rings (SSSR count). The Morgan fingerprint density at radius 1 is 1.42 bits per heavy atom. The van der Waals surface area contributed by atoms with Crippen molar-refractivity contribution in [2.75, 3.05) is 5.32 Å². The van der Waals surface area contributed by atoms with Crippen LogP contribution in [0.5, 0.6) is 0 Å². The van der Waals surface area contributed by atoms with E-state index in [1.807, 2.05) is 10.7 Å². The van der Waals surface area contributed by atoms with E-state index >= 15 is 0 Å². The fourth-order valence-corrected chi connectivity index (χ4v) is 3.05. The van der Waals surface area contributed by atoms with Crippen molar-refractivity contribution in [2.24, 2.45) is 5.41 Å². The molecule has 4 heteroatoms. The molecule has 1 fully saturated rings. The number of hydrogen-bond acceptors (Lipinski definition) is 3. The van der Waals surface area contributed by atoms with E-state index in [0.717, 1.165) is 11.6 Å². The predicted molar refractivity (Wildman–Crippen MR) is 77.4 cm³/mol. The van der Waals surface area contributed by atoms with Crippen molar-refractivity contribution < 1.29 is 0 Å². The molecule has 0 amide bonds. The first-order valence-corrected chi connectivity index (χ1v) is 7.11. The monoisotopic (exact) mass is 258 g/mol. The average molecular weight is 258 g/mol. The summed E-state index contributed by atoms with van der Waals surface area (Å²) in [6.07, 6.45) is 6.99. The zero-order valence-electron chi connectivity index (χ0n) is 12.0. The third-order valence-electron chi connectivity index (χ3n) is 4.03. The zero-order chi connectivity index (χ0) is 13.5. The molecule has 1 unspecified atom stereocenters. The number of hydrogen-bond donors (Lipinski definition) is 1. The third kappa shape index (κ3) is 2.72. The van der Waals surface area contributed by atoms with Gasteiger partial charge in [0, 0.05) is 12.2 Å². The second-order valence-electron chi connectivity index (χ2n) is 6.54. The number of anilines is 1. The van der Waals surface area contributed by atoms with Gasteiger partial charge in [0.1, 0.15) is 0 Å². The van der Waals surface area contributed by atoms with Crippen LogP contribution in [0.1, 0.15) is 45.1 Å². The van der Waals surface area contributed by atoms with Gasteiger partial charge in [-0.3, -0.25) is 0 Å². The minimum absolute atomic E-state index is 0.436. The van der Waals surface area contributed by atoms with E-state index in [1.54, 1.807) is 0 Å². The normalized spacial score (nSPS) is 22.6. The lowest BCUT2D eigenvalue weighted by atomic mass is 9.75. The maximum Gasteiger partial charge on any atom is 0.243 e. The van der Waals surface area contributed by atoms with Crippen molar-refractivity contribution in [1.29, 1.82) is 0 Å². The summed E-state index contributed by atoms with van der Waals surface area (Å²) in [4.78, 5) is 4.56. The maximum atomic E-state index is 4.56. The van der Waals surface area contributed by atoms with Gasteiger partial charge >= 0.3 is 0 Å². The van der Waals surface area contributed by atoms with E-state index in [0.29, 0.717) is 11.5 Å². The van der Waals surface area contributed by atoms with Crippen molar-refractivity contribution in [3.8, 4) is 0 Å². The molecule has 19 heavy (non-hydrogen) atoms. The van der Waals surface area contributed by atoms with Crippen LogP contribution in [0.15, 0.2) is 18.3 Å². The lowest BCUT2D eigenvalue weighted by molar-refractivity contribution is 0.229. The van der Waals surface area contributed by atoms with Crippen LogP contribution in [0.25, 0.3) is 5.65 Å². The van der Waals surface area contributed by atoms with E-state index in [-0.39, 0.29) is 0 Å². The van der Waals surface area contributed by atoms with Crippen LogP contribution < -0.4 is 5.32 Å². The summed E-state index contributed by atoms with van der Waals surface area (Å²) in [7, 11) is 0. The summed E-state index contributed by atoms with van der Waals surface area (Å²) >= 11 is 0. The summed E-state index contributed by atoms with van der Waals surface area (Å²) in [5, 5.41) is 7.99. The van der Waals surface area contributed by atoms with Gasteiger partial charge in [-0.1, -0.05) is 20.3 Å². The van der Waals surface area contributed by atoms with Crippen molar-refractivity contribution >= 4 is 11.6 Å². The Hall–Kier alpha value is -1.58. The summed E-state index contributed by atoms with van der Waals surface area (Å²) in [6, 6.07) is 4.61. The van der Waals surface area contributed by atoms with Crippen LogP contribution in [0.2, 0.25) is 0 Å². The van der Waals surface area contributed by atoms with Gasteiger partial charge in [-0.2, -0.15) is 4.98 Å². The Morgan fingerprint density at radius 2 is 2.26 bits per heavy atom. The van der Waals surface area contributed by atoms with Crippen molar-refractivity contribution in [2.45, 2.75) is 52.5 Å². The molecule has 0 bridgehead atoms. The van der Waals surface area contributed by atoms with Gasteiger partial charge in [0.05, 0.1) is 0 Å². The molecule has 4 nitrogen and oxygen atoms in total. The van der Waals surface area contributed by atoms with Crippen molar-refractivity contribution in [1.82, 2.24) is 14.6 Å². The Balaban J connectivity index is 1.77. The highest BCUT2D eigenvalue weighted by molar-refractivity contribution is 5.45. The highest BCUT2D eigenvalue weighted by Gasteiger charge is 2.28. The van der Waals surface area contributed by atoms with Gasteiger partial charge in [0.15, 0.2) is 5.65 Å². The standard InChI is InChI=1S/C15H22N4/c1-11-6-8-19-13(9-11)17-14(18-19)16-12-5-4-7-15(2,3)10-12/h6,8-9,12H,4-5,7,10H2,1-3H3,(H,16,18). The number of nitrogens with one attached hydrogen (secondary N) is 1. The first kappa shape index (κ1) is 12.5. The smallest absolute Gasteiger partial charge is 0.243 e. The van der Waals surface area contributed by atoms with Gasteiger partial charge < -0.3 is 5.32 Å². The van der Waals surface area contributed by atoms with Gasteiger partial charge in [-0.25, -0.2) is 4.52 Å². The van der Waals surface area contributed by atoms with Crippen LogP contribution in [-0.4, -0.2) is 20.6 Å². The predicted octanol–water partition coefficient (Wildman–Crippen LogP) is 3.42. The Morgan fingerprint density at radius 3 is 3.05 bits per heavy atom. The first-order valence-electron chi connectivity index (χ1n) is 7.11. The molecule has 1 aliphatic rings. The minimum atomic E-state index is 0.436.